The van der Waals surface area contributed by atoms with Gasteiger partial charge in [-0.25, -0.2) is 4.98 Å². The van der Waals surface area contributed by atoms with Gasteiger partial charge in [-0.05, 0) is 73.2 Å². The number of β-amino-alcohol motifs (C(OH)–C–C–N with tert-alkyl or cyclic N) is 1. The molecule has 4 rings (SSSR count). The van der Waals surface area contributed by atoms with Crippen molar-refractivity contribution in [1.82, 2.24) is 4.98 Å². The quantitative estimate of drug-likeness (QED) is 0.151. The Labute approximate surface area is 235 Å². The lowest BCUT2D eigenvalue weighted by molar-refractivity contribution is -0.137. The monoisotopic (exact) mass is 601 g/mol. The van der Waals surface area contributed by atoms with Gasteiger partial charge in [-0.1, -0.05) is 0 Å². The van der Waals surface area contributed by atoms with E-state index < -0.39 is 29.3 Å². The van der Waals surface area contributed by atoms with Crippen LogP contribution in [0.2, 0.25) is 0 Å². The molecule has 0 spiro atoms. The lowest BCUT2D eigenvalue weighted by atomic mass is 10.2. The molecule has 1 unspecified atom stereocenters. The first-order valence-electron chi connectivity index (χ1n) is 11.6. The number of carbonyl (C=O) groups excluding carboxylic acids is 1. The van der Waals surface area contributed by atoms with Gasteiger partial charge in [0, 0.05) is 42.3 Å². The summed E-state index contributed by atoms with van der Waals surface area (Å²) in [6, 6.07) is 10.8. The van der Waals surface area contributed by atoms with E-state index in [0.29, 0.717) is 36.7 Å². The highest BCUT2D eigenvalue weighted by atomic mass is 35.5. The number of aliphatic hydroxyl groups is 1. The van der Waals surface area contributed by atoms with Crippen LogP contribution in [0, 0.1) is 0 Å². The Morgan fingerprint density at radius 2 is 1.65 bits per heavy atom. The molecule has 8 nitrogen and oxygen atoms in total. The van der Waals surface area contributed by atoms with E-state index in [1.807, 2.05) is 0 Å². The van der Waals surface area contributed by atoms with Crippen LogP contribution in [0.15, 0.2) is 60.8 Å². The molecule has 1 saturated heterocycles. The van der Waals surface area contributed by atoms with Crippen molar-refractivity contribution in [3.8, 4) is 5.75 Å². The highest BCUT2D eigenvalue weighted by Crippen LogP contribution is 2.31. The Morgan fingerprint density at radius 3 is 2.23 bits per heavy atom. The Bertz CT molecular complexity index is 1370. The first kappa shape index (κ1) is 29.2. The number of aromatic nitrogens is 1. The molecular weight excluding hydrogens is 581 g/mol. The Balaban J connectivity index is 1.50. The topological polar surface area (TPSA) is 98.8 Å². The van der Waals surface area contributed by atoms with E-state index in [4.69, 9.17) is 23.8 Å². The molecule has 4 N–H and O–H groups in total. The van der Waals surface area contributed by atoms with Gasteiger partial charge in [-0.3, -0.25) is 4.79 Å². The van der Waals surface area contributed by atoms with Crippen LogP contribution in [-0.4, -0.2) is 45.9 Å². The molecule has 1 aliphatic heterocycles. The predicted octanol–water partition coefficient (Wildman–Crippen LogP) is 5.90. The number of nitrogens with zero attached hydrogens (tertiary/aromatic N) is 2. The summed E-state index contributed by atoms with van der Waals surface area (Å²) in [5, 5.41) is 18.3. The minimum atomic E-state index is -4.48. The Morgan fingerprint density at radius 1 is 1.02 bits per heavy atom. The van der Waals surface area contributed by atoms with E-state index in [0.717, 1.165) is 12.1 Å². The third kappa shape index (κ3) is 7.90. The zero-order valence-corrected chi connectivity index (χ0v) is 21.9. The van der Waals surface area contributed by atoms with Crippen LogP contribution in [0.1, 0.15) is 22.3 Å². The van der Waals surface area contributed by atoms with Crippen molar-refractivity contribution < 1.29 is 36.6 Å². The lowest BCUT2D eigenvalue weighted by Crippen LogP contribution is -2.26. The minimum Gasteiger partial charge on any atom is -0.420 e. The predicted molar refractivity (Wildman–Crippen MR) is 144 cm³/mol. The number of rotatable bonds is 7. The second kappa shape index (κ2) is 11.8. The van der Waals surface area contributed by atoms with Crippen LogP contribution in [0.4, 0.5) is 44.8 Å². The van der Waals surface area contributed by atoms with Crippen LogP contribution < -0.4 is 25.6 Å². The van der Waals surface area contributed by atoms with Gasteiger partial charge in [-0.15, -0.1) is 8.78 Å². The Kier molecular flexibility index (Phi) is 8.61. The van der Waals surface area contributed by atoms with Gasteiger partial charge < -0.3 is 30.7 Å². The number of aliphatic hydroxyl groups excluding tert-OH is 1. The standard InChI is InChI=1S/C25H21ClF5N5O3S/c26-25(30,31)39-19-7-5-16(6-8-19)33-22(38)14-11-20(21(32-12-14)36-10-9-18(37)13-36)35-23(40)34-17-3-1-15(2-4-17)24(27,28)29/h1-8,11-12,18,37H,9-10,13H2,(H,33,38)(H2,34,35,40). The fourth-order valence-corrected chi connectivity index (χ4v) is 4.15. The normalized spacial score (nSPS) is 15.5. The minimum absolute atomic E-state index is 0.0202. The first-order chi connectivity index (χ1) is 18.8. The van der Waals surface area contributed by atoms with E-state index >= 15 is 0 Å². The summed E-state index contributed by atoms with van der Waals surface area (Å²) in [4.78, 5) is 19.1. The molecule has 40 heavy (non-hydrogen) atoms. The maximum Gasteiger partial charge on any atom is 0.487 e. The summed E-state index contributed by atoms with van der Waals surface area (Å²) in [6.45, 7) is 0.783. The largest absolute Gasteiger partial charge is 0.487 e. The van der Waals surface area contributed by atoms with Gasteiger partial charge in [0.15, 0.2) is 10.9 Å². The van der Waals surface area contributed by atoms with E-state index in [1.54, 1.807) is 4.90 Å². The number of halogens is 6. The van der Waals surface area contributed by atoms with Crippen LogP contribution >= 0.6 is 23.8 Å². The SMILES string of the molecule is O=C(Nc1ccc(OC(F)(F)Cl)cc1)c1cnc(N2CCC(O)C2)c(NC(=S)Nc2ccc(C(F)(F)F)cc2)c1. The van der Waals surface area contributed by atoms with Crippen molar-refractivity contribution in [3.05, 3.63) is 71.9 Å². The molecule has 3 aromatic rings. The number of ether oxygens (including phenoxy) is 1. The van der Waals surface area contributed by atoms with E-state index in [2.05, 4.69) is 25.7 Å². The highest BCUT2D eigenvalue weighted by Gasteiger charge is 2.30. The van der Waals surface area contributed by atoms with Gasteiger partial charge in [0.1, 0.15) is 5.75 Å². The third-order valence-corrected chi connectivity index (χ3v) is 5.94. The molecule has 0 aliphatic carbocycles. The number of alkyl halides is 6. The van der Waals surface area contributed by atoms with Crippen LogP contribution in [0.5, 0.6) is 5.75 Å². The number of carbonyl (C=O) groups is 1. The molecule has 1 atom stereocenters. The van der Waals surface area contributed by atoms with Crippen molar-refractivity contribution in [2.24, 2.45) is 0 Å². The molecule has 0 bridgehead atoms. The number of pyridine rings is 1. The maximum absolute atomic E-state index is 12.9. The first-order valence-corrected chi connectivity index (χ1v) is 12.4. The van der Waals surface area contributed by atoms with E-state index in [1.165, 1.54) is 48.7 Å². The number of hydrogen-bond acceptors (Lipinski definition) is 6. The summed E-state index contributed by atoms with van der Waals surface area (Å²) in [5.74, 6) is -0.396. The van der Waals surface area contributed by atoms with Crippen LogP contribution in [0.25, 0.3) is 0 Å². The highest BCUT2D eigenvalue weighted by molar-refractivity contribution is 7.80. The van der Waals surface area contributed by atoms with Gasteiger partial charge >= 0.3 is 11.7 Å². The molecule has 2 heterocycles. The number of thiocarbonyl (C=S) groups is 1. The summed E-state index contributed by atoms with van der Waals surface area (Å²) < 4.78 is 68.4. The molecule has 1 amide bonds. The molecule has 15 heteroatoms. The molecule has 0 radical (unpaired) electrons. The molecule has 0 saturated carbocycles. The fraction of sp³-hybridized carbons (Fsp3) is 0.240. The molecule has 1 aliphatic rings. The van der Waals surface area contributed by atoms with Crippen LogP contribution in [-0.2, 0) is 6.18 Å². The summed E-state index contributed by atoms with van der Waals surface area (Å²) in [7, 11) is 0. The lowest BCUT2D eigenvalue weighted by Gasteiger charge is -2.22. The average Bonchev–Trinajstić information content (AvgIpc) is 3.30. The summed E-state index contributed by atoms with van der Waals surface area (Å²) in [5.41, 5.74) is -3.71. The van der Waals surface area contributed by atoms with Crippen molar-refractivity contribution in [3.63, 3.8) is 0 Å². The van der Waals surface area contributed by atoms with Crippen molar-refractivity contribution in [2.75, 3.05) is 33.9 Å². The maximum atomic E-state index is 12.9. The number of benzene rings is 2. The number of amides is 1. The molecule has 2 aromatic carbocycles. The smallest absolute Gasteiger partial charge is 0.420 e. The van der Waals surface area contributed by atoms with E-state index in [9.17, 15) is 31.9 Å². The molecule has 1 fully saturated rings. The van der Waals surface area contributed by atoms with Gasteiger partial charge in [0.2, 0.25) is 0 Å². The zero-order valence-electron chi connectivity index (χ0n) is 20.3. The zero-order chi connectivity index (χ0) is 29.1. The second-order valence-corrected chi connectivity index (χ2v) is 9.51. The summed E-state index contributed by atoms with van der Waals surface area (Å²) >= 11 is 10.1. The van der Waals surface area contributed by atoms with Crippen molar-refractivity contribution in [2.45, 2.75) is 24.3 Å². The average molecular weight is 602 g/mol. The number of anilines is 4. The Hall–Kier alpha value is -3.75. The summed E-state index contributed by atoms with van der Waals surface area (Å²) in [6.07, 6.45) is -3.22. The van der Waals surface area contributed by atoms with Crippen molar-refractivity contribution in [1.29, 1.82) is 0 Å². The second-order valence-electron chi connectivity index (χ2n) is 8.66. The number of nitrogens with one attached hydrogen (secondary N) is 3. The van der Waals surface area contributed by atoms with Gasteiger partial charge in [0.25, 0.3) is 5.91 Å². The van der Waals surface area contributed by atoms with Crippen molar-refractivity contribution >= 4 is 57.7 Å². The van der Waals surface area contributed by atoms with Gasteiger partial charge in [-0.2, -0.15) is 13.2 Å². The fourth-order valence-electron chi connectivity index (χ4n) is 3.83. The molecular formula is C25H21ClF5N5O3S. The van der Waals surface area contributed by atoms with Gasteiger partial charge in [0.05, 0.1) is 22.9 Å². The molecule has 1 aromatic heterocycles. The third-order valence-electron chi connectivity index (χ3n) is 5.66. The van der Waals surface area contributed by atoms with Crippen LogP contribution in [0.3, 0.4) is 0 Å². The number of hydrogen-bond donors (Lipinski definition) is 4. The molecule has 212 valence electrons. The van der Waals surface area contributed by atoms with E-state index in [-0.39, 0.29) is 22.1 Å².